The van der Waals surface area contributed by atoms with Gasteiger partial charge in [0.05, 0.1) is 19.6 Å². The second-order valence-corrected chi connectivity index (χ2v) is 4.51. The fourth-order valence-electron chi connectivity index (χ4n) is 1.80. The molecule has 2 amide bonds. The summed E-state index contributed by atoms with van der Waals surface area (Å²) in [5.41, 5.74) is 1.24. The number of alkyl halides is 2. The van der Waals surface area contributed by atoms with E-state index < -0.39 is 18.9 Å². The van der Waals surface area contributed by atoms with Crippen LogP contribution in [-0.2, 0) is 16.0 Å². The molecule has 116 valence electrons. The lowest BCUT2D eigenvalue weighted by Gasteiger charge is -2.21. The van der Waals surface area contributed by atoms with Gasteiger partial charge in [-0.15, -0.1) is 0 Å². The van der Waals surface area contributed by atoms with Crippen LogP contribution in [0, 0.1) is 0 Å². The van der Waals surface area contributed by atoms with Crippen LogP contribution in [0.2, 0.25) is 0 Å². The summed E-state index contributed by atoms with van der Waals surface area (Å²) in [6, 6.07) is 6.55. The highest BCUT2D eigenvalue weighted by Gasteiger charge is 2.17. The minimum atomic E-state index is -2.64. The minimum Gasteiger partial charge on any atom is -0.395 e. The maximum Gasteiger partial charge on any atom is 0.255 e. The van der Waals surface area contributed by atoms with Gasteiger partial charge >= 0.3 is 0 Å². The predicted molar refractivity (Wildman–Crippen MR) is 74.1 cm³/mol. The van der Waals surface area contributed by atoms with Crippen molar-refractivity contribution in [2.24, 2.45) is 0 Å². The minimum absolute atomic E-state index is 0.0347. The van der Waals surface area contributed by atoms with Crippen molar-refractivity contribution in [1.29, 1.82) is 0 Å². The Hall–Kier alpha value is -2.02. The summed E-state index contributed by atoms with van der Waals surface area (Å²) in [5, 5.41) is 11.4. The number of hydrogen-bond acceptors (Lipinski definition) is 3. The lowest BCUT2D eigenvalue weighted by molar-refractivity contribution is -0.133. The summed E-state index contributed by atoms with van der Waals surface area (Å²) < 4.78 is 24.7. The smallest absolute Gasteiger partial charge is 0.255 e. The third-order valence-electron chi connectivity index (χ3n) is 2.71. The molecule has 7 heteroatoms. The summed E-state index contributed by atoms with van der Waals surface area (Å²) >= 11 is 0. The molecule has 0 saturated heterocycles. The van der Waals surface area contributed by atoms with E-state index in [4.69, 9.17) is 5.11 Å². The van der Waals surface area contributed by atoms with E-state index in [9.17, 15) is 18.4 Å². The molecule has 0 aliphatic rings. The Balaban J connectivity index is 2.65. The first-order valence-corrected chi connectivity index (χ1v) is 6.45. The fraction of sp³-hybridized carbons (Fsp3) is 0.429. The van der Waals surface area contributed by atoms with Crippen LogP contribution in [0.5, 0.6) is 0 Å². The molecule has 0 unspecified atom stereocenters. The number of hydrogen-bond donors (Lipinski definition) is 2. The first-order chi connectivity index (χ1) is 9.92. The molecule has 0 aromatic heterocycles. The number of amides is 2. The van der Waals surface area contributed by atoms with Crippen molar-refractivity contribution >= 4 is 17.5 Å². The topological polar surface area (TPSA) is 69.6 Å². The third kappa shape index (κ3) is 6.31. The Labute approximate surface area is 121 Å². The molecule has 0 spiro atoms. The van der Waals surface area contributed by atoms with Crippen molar-refractivity contribution in [3.63, 3.8) is 0 Å². The molecule has 0 saturated carbocycles. The monoisotopic (exact) mass is 300 g/mol. The maximum atomic E-state index is 12.4. The van der Waals surface area contributed by atoms with E-state index in [0.29, 0.717) is 11.3 Å². The molecule has 1 aromatic carbocycles. The van der Waals surface area contributed by atoms with Crippen molar-refractivity contribution in [1.82, 2.24) is 4.90 Å². The molecule has 1 aromatic rings. The molecule has 0 radical (unpaired) electrons. The number of carbonyl (C=O) groups excluding carboxylic acids is 2. The van der Waals surface area contributed by atoms with Gasteiger partial charge in [-0.05, 0) is 17.7 Å². The van der Waals surface area contributed by atoms with Gasteiger partial charge < -0.3 is 15.3 Å². The van der Waals surface area contributed by atoms with E-state index in [1.807, 2.05) is 0 Å². The number of aliphatic hydroxyl groups is 1. The standard InChI is InChI=1S/C14H18F2N2O3/c1-10(20)17-12-4-2-11(3-5-12)8-14(21)18(6-7-19)9-13(15)16/h2-5,13,19H,6-9H2,1H3,(H,17,20). The zero-order valence-corrected chi connectivity index (χ0v) is 11.7. The highest BCUT2D eigenvalue weighted by Crippen LogP contribution is 2.11. The number of carbonyl (C=O) groups is 2. The first kappa shape index (κ1) is 17.0. The number of aliphatic hydroxyl groups excluding tert-OH is 1. The highest BCUT2D eigenvalue weighted by molar-refractivity contribution is 5.88. The van der Waals surface area contributed by atoms with Gasteiger partial charge in [0.25, 0.3) is 6.43 Å². The Morgan fingerprint density at radius 2 is 1.90 bits per heavy atom. The quantitative estimate of drug-likeness (QED) is 0.797. The number of nitrogens with zero attached hydrogens (tertiary/aromatic N) is 1. The van der Waals surface area contributed by atoms with E-state index in [0.717, 1.165) is 4.90 Å². The van der Waals surface area contributed by atoms with Crippen LogP contribution >= 0.6 is 0 Å². The molecule has 0 bridgehead atoms. The Kier molecular flexibility index (Phi) is 6.74. The summed E-state index contributed by atoms with van der Waals surface area (Å²) in [6.07, 6.45) is -2.67. The molecular weight excluding hydrogens is 282 g/mol. The van der Waals surface area contributed by atoms with Crippen molar-refractivity contribution in [2.45, 2.75) is 19.8 Å². The summed E-state index contributed by atoms with van der Waals surface area (Å²) in [5.74, 6) is -0.679. The highest BCUT2D eigenvalue weighted by atomic mass is 19.3. The van der Waals surface area contributed by atoms with Crippen LogP contribution in [-0.4, -0.2) is 47.9 Å². The zero-order chi connectivity index (χ0) is 15.8. The van der Waals surface area contributed by atoms with Crippen LogP contribution in [0.1, 0.15) is 12.5 Å². The first-order valence-electron chi connectivity index (χ1n) is 6.45. The van der Waals surface area contributed by atoms with Gasteiger partial charge in [-0.1, -0.05) is 12.1 Å². The van der Waals surface area contributed by atoms with Crippen LogP contribution in [0.3, 0.4) is 0 Å². The molecule has 0 aliphatic heterocycles. The molecule has 1 rings (SSSR count). The van der Waals surface area contributed by atoms with Crippen LogP contribution in [0.25, 0.3) is 0 Å². The van der Waals surface area contributed by atoms with Crippen LogP contribution in [0.4, 0.5) is 14.5 Å². The van der Waals surface area contributed by atoms with Crippen molar-refractivity contribution in [2.75, 3.05) is 25.0 Å². The SMILES string of the molecule is CC(=O)Nc1ccc(CC(=O)N(CCO)CC(F)F)cc1. The zero-order valence-electron chi connectivity index (χ0n) is 11.7. The number of benzene rings is 1. The van der Waals surface area contributed by atoms with E-state index in [1.54, 1.807) is 24.3 Å². The van der Waals surface area contributed by atoms with Gasteiger partial charge in [0.1, 0.15) is 0 Å². The predicted octanol–water partition coefficient (Wildman–Crippen LogP) is 1.27. The average Bonchev–Trinajstić information content (AvgIpc) is 2.39. The normalized spacial score (nSPS) is 10.5. The Morgan fingerprint density at radius 1 is 1.29 bits per heavy atom. The largest absolute Gasteiger partial charge is 0.395 e. The molecular formula is C14H18F2N2O3. The molecule has 0 heterocycles. The van der Waals surface area contributed by atoms with Crippen molar-refractivity contribution in [3.8, 4) is 0 Å². The van der Waals surface area contributed by atoms with Gasteiger partial charge in [0.15, 0.2) is 0 Å². The van der Waals surface area contributed by atoms with E-state index in [1.165, 1.54) is 6.92 Å². The molecule has 21 heavy (non-hydrogen) atoms. The molecule has 2 N–H and O–H groups in total. The average molecular weight is 300 g/mol. The van der Waals surface area contributed by atoms with Crippen LogP contribution < -0.4 is 5.32 Å². The molecule has 5 nitrogen and oxygen atoms in total. The van der Waals surface area contributed by atoms with Crippen LogP contribution in [0.15, 0.2) is 24.3 Å². The molecule has 0 aliphatic carbocycles. The molecule has 0 fully saturated rings. The number of anilines is 1. The second kappa shape index (κ2) is 8.31. The van der Waals surface area contributed by atoms with Gasteiger partial charge in [-0.3, -0.25) is 9.59 Å². The maximum absolute atomic E-state index is 12.4. The molecule has 0 atom stereocenters. The second-order valence-electron chi connectivity index (χ2n) is 4.51. The third-order valence-corrected chi connectivity index (χ3v) is 2.71. The van der Waals surface area contributed by atoms with Crippen molar-refractivity contribution < 1.29 is 23.5 Å². The van der Waals surface area contributed by atoms with Gasteiger partial charge in [0.2, 0.25) is 11.8 Å². The summed E-state index contributed by atoms with van der Waals surface area (Å²) in [7, 11) is 0. The summed E-state index contributed by atoms with van der Waals surface area (Å²) in [6.45, 7) is 0.213. The number of nitrogens with one attached hydrogen (secondary N) is 1. The van der Waals surface area contributed by atoms with Gasteiger partial charge in [-0.2, -0.15) is 0 Å². The Morgan fingerprint density at radius 3 is 2.38 bits per heavy atom. The Bertz CT molecular complexity index is 478. The lowest BCUT2D eigenvalue weighted by atomic mass is 10.1. The van der Waals surface area contributed by atoms with Gasteiger partial charge in [-0.25, -0.2) is 8.78 Å². The van der Waals surface area contributed by atoms with E-state index >= 15 is 0 Å². The summed E-state index contributed by atoms with van der Waals surface area (Å²) in [4.78, 5) is 23.7. The van der Waals surface area contributed by atoms with E-state index in [-0.39, 0.29) is 25.5 Å². The lowest BCUT2D eigenvalue weighted by Crippen LogP contribution is -2.38. The van der Waals surface area contributed by atoms with E-state index in [2.05, 4.69) is 5.32 Å². The number of halogens is 2. The number of rotatable bonds is 7. The van der Waals surface area contributed by atoms with Crippen molar-refractivity contribution in [3.05, 3.63) is 29.8 Å². The van der Waals surface area contributed by atoms with Gasteiger partial charge in [0, 0.05) is 19.2 Å². The fourth-order valence-corrected chi connectivity index (χ4v) is 1.80.